The van der Waals surface area contributed by atoms with E-state index in [1.54, 1.807) is 23.2 Å². The topological polar surface area (TPSA) is 162 Å². The van der Waals surface area contributed by atoms with Crippen molar-refractivity contribution in [2.24, 2.45) is 5.92 Å². The van der Waals surface area contributed by atoms with Crippen LogP contribution >= 0.6 is 0 Å². The number of carbonyl (C=O) groups is 3. The van der Waals surface area contributed by atoms with Crippen molar-refractivity contribution >= 4 is 40.4 Å². The number of imide groups is 1. The summed E-state index contributed by atoms with van der Waals surface area (Å²) in [6.45, 7) is 5.11. The number of fused-ring (bicyclic) bond motifs is 1. The lowest BCUT2D eigenvalue weighted by molar-refractivity contribution is -0.138. The maximum atomic E-state index is 13.4. The summed E-state index contributed by atoms with van der Waals surface area (Å²) in [5.74, 6) is 0.821. The van der Waals surface area contributed by atoms with E-state index in [0.717, 1.165) is 93.1 Å². The van der Waals surface area contributed by atoms with Gasteiger partial charge in [0.15, 0.2) is 11.5 Å². The summed E-state index contributed by atoms with van der Waals surface area (Å²) >= 11 is 0. The Balaban J connectivity index is 0.759. The number of ether oxygens (including phenoxy) is 1. The van der Waals surface area contributed by atoms with Crippen molar-refractivity contribution in [3.05, 3.63) is 71.7 Å². The zero-order valence-corrected chi connectivity index (χ0v) is 32.0. The van der Waals surface area contributed by atoms with Crippen molar-refractivity contribution in [3.8, 4) is 11.8 Å². The van der Waals surface area contributed by atoms with E-state index in [1.807, 2.05) is 18.2 Å². The van der Waals surface area contributed by atoms with Gasteiger partial charge < -0.3 is 24.4 Å². The monoisotopic (exact) mass is 798 g/mol. The van der Waals surface area contributed by atoms with Crippen LogP contribution in [0.3, 0.4) is 0 Å². The van der Waals surface area contributed by atoms with Gasteiger partial charge in [-0.3, -0.25) is 19.8 Å². The maximum absolute atomic E-state index is 13.4. The van der Waals surface area contributed by atoms with Gasteiger partial charge in [-0.05, 0) is 99.7 Å². The quantitative estimate of drug-likeness (QED) is 0.211. The lowest BCUT2D eigenvalue weighted by Gasteiger charge is -2.38. The molecule has 0 radical (unpaired) electrons. The van der Waals surface area contributed by atoms with Gasteiger partial charge in [0.2, 0.25) is 5.91 Å². The van der Waals surface area contributed by atoms with Crippen LogP contribution in [0.5, 0.6) is 5.75 Å². The number of piperidine rings is 2. The number of carbonyl (C=O) groups excluding carboxylic acids is 3. The molecule has 3 saturated heterocycles. The summed E-state index contributed by atoms with van der Waals surface area (Å²) in [6.07, 6.45) is 5.54. The largest absolute Gasteiger partial charge is 0.490 e. The Labute approximate surface area is 333 Å². The average Bonchev–Trinajstić information content (AvgIpc) is 3.67. The molecule has 304 valence electrons. The van der Waals surface area contributed by atoms with Crippen molar-refractivity contribution in [2.45, 2.75) is 82.2 Å². The van der Waals surface area contributed by atoms with Gasteiger partial charge >= 0.3 is 12.2 Å². The number of halogens is 3. The molecule has 6 heterocycles. The smallest absolute Gasteiger partial charge is 0.417 e. The van der Waals surface area contributed by atoms with E-state index in [0.29, 0.717) is 44.2 Å². The van der Waals surface area contributed by atoms with Gasteiger partial charge in [0, 0.05) is 75.6 Å². The number of hydrogen-bond donors (Lipinski definition) is 2. The van der Waals surface area contributed by atoms with Crippen LogP contribution in [0.2, 0.25) is 0 Å². The highest BCUT2D eigenvalue weighted by Gasteiger charge is 2.35. The summed E-state index contributed by atoms with van der Waals surface area (Å²) in [4.78, 5) is 48.3. The molecule has 0 atom stereocenters. The molecule has 4 aromatic rings. The molecular weight excluding hydrogens is 754 g/mol. The lowest BCUT2D eigenvalue weighted by Crippen LogP contribution is -2.49. The van der Waals surface area contributed by atoms with Crippen LogP contribution in [0.4, 0.5) is 29.5 Å². The van der Waals surface area contributed by atoms with Gasteiger partial charge in [0.25, 0.3) is 5.91 Å². The highest BCUT2D eigenvalue weighted by molar-refractivity contribution is 6.09. The SMILES string of the molecule is N#Cc1ccc(OC2CCC(NC(=O)c3ccc(N4CCC(CN5CCC(n6ccc7c(N8CCC(=O)NC8=O)ccnc76)CC5)CC4)nn3)CC2)cc1C(F)(F)F. The van der Waals surface area contributed by atoms with E-state index in [2.05, 4.69) is 46.4 Å². The molecule has 17 heteroatoms. The van der Waals surface area contributed by atoms with Crippen molar-refractivity contribution in [2.75, 3.05) is 49.1 Å². The molecule has 0 spiro atoms. The Hall–Kier alpha value is -5.76. The molecule has 3 aromatic heterocycles. The number of anilines is 2. The van der Waals surface area contributed by atoms with Crippen LogP contribution in [0.15, 0.2) is 54.9 Å². The van der Waals surface area contributed by atoms with Crippen LogP contribution in [-0.4, -0.2) is 93.9 Å². The number of pyridine rings is 1. The number of likely N-dealkylation sites (tertiary alicyclic amines) is 1. The number of nitrogens with one attached hydrogen (secondary N) is 2. The fourth-order valence-electron chi connectivity index (χ4n) is 8.78. The molecule has 14 nitrogen and oxygen atoms in total. The third kappa shape index (κ3) is 8.57. The molecule has 4 aliphatic rings. The summed E-state index contributed by atoms with van der Waals surface area (Å²) in [5.41, 5.74) is 0.395. The number of nitrogens with zero attached hydrogens (tertiary/aromatic N) is 8. The number of aromatic nitrogens is 4. The first-order valence-corrected chi connectivity index (χ1v) is 20.0. The second-order valence-corrected chi connectivity index (χ2v) is 15.7. The first-order chi connectivity index (χ1) is 28.0. The molecule has 0 unspecified atom stereocenters. The predicted molar refractivity (Wildman–Crippen MR) is 207 cm³/mol. The maximum Gasteiger partial charge on any atom is 0.417 e. The van der Waals surface area contributed by atoms with Gasteiger partial charge in [-0.2, -0.15) is 18.4 Å². The minimum absolute atomic E-state index is 0.0696. The molecule has 4 fully saturated rings. The second-order valence-electron chi connectivity index (χ2n) is 15.7. The standard InChI is InChI=1S/C41H45F3N10O4/c42-41(43,44)33-23-31(4-1-27(33)24-45)58-30-5-2-28(3-6-30)47-39(56)34-7-8-36(50-49-34)52-19-10-26(11-20-52)25-51-17-12-29(13-18-51)53-21-14-32-35(9-16-46-38(32)53)54-22-15-37(55)48-40(54)57/h1,4,7-9,14,16,21,23,26,28-30H,2-3,5-6,10-13,15,17-20,22,25H2,(H,47,56)(H,48,55,57). The highest BCUT2D eigenvalue weighted by atomic mass is 19.4. The number of benzene rings is 1. The summed E-state index contributed by atoms with van der Waals surface area (Å²) < 4.78 is 48.1. The van der Waals surface area contributed by atoms with Gasteiger partial charge in [-0.25, -0.2) is 9.78 Å². The number of hydrogen-bond acceptors (Lipinski definition) is 10. The fourth-order valence-corrected chi connectivity index (χ4v) is 8.78. The van der Waals surface area contributed by atoms with Crippen LogP contribution in [-0.2, 0) is 11.0 Å². The molecular formula is C41H45F3N10O4. The molecule has 2 N–H and O–H groups in total. The van der Waals surface area contributed by atoms with Gasteiger partial charge in [-0.15, -0.1) is 10.2 Å². The van der Waals surface area contributed by atoms with Crippen molar-refractivity contribution in [3.63, 3.8) is 0 Å². The number of amides is 4. The molecule has 58 heavy (non-hydrogen) atoms. The molecule has 1 saturated carbocycles. The molecule has 3 aliphatic heterocycles. The summed E-state index contributed by atoms with van der Waals surface area (Å²) in [5, 5.41) is 24.0. The highest BCUT2D eigenvalue weighted by Crippen LogP contribution is 2.36. The third-order valence-electron chi connectivity index (χ3n) is 12.0. The van der Waals surface area contributed by atoms with Crippen molar-refractivity contribution in [1.29, 1.82) is 5.26 Å². The summed E-state index contributed by atoms with van der Waals surface area (Å²) in [6, 6.07) is 12.1. The number of urea groups is 1. The minimum Gasteiger partial charge on any atom is -0.490 e. The number of alkyl halides is 3. The van der Waals surface area contributed by atoms with Crippen molar-refractivity contribution < 1.29 is 32.3 Å². The van der Waals surface area contributed by atoms with E-state index in [4.69, 9.17) is 10.00 Å². The normalized spacial score (nSPS) is 21.5. The Bertz CT molecular complexity index is 2180. The molecule has 0 bridgehead atoms. The molecule has 8 rings (SSSR count). The van der Waals surface area contributed by atoms with E-state index in [9.17, 15) is 27.6 Å². The first-order valence-electron chi connectivity index (χ1n) is 20.0. The van der Waals surface area contributed by atoms with E-state index in [1.165, 1.54) is 6.07 Å². The third-order valence-corrected chi connectivity index (χ3v) is 12.0. The molecule has 1 aromatic carbocycles. The van der Waals surface area contributed by atoms with Crippen LogP contribution in [0.1, 0.15) is 85.4 Å². The predicted octanol–water partition coefficient (Wildman–Crippen LogP) is 5.84. The Kier molecular flexibility index (Phi) is 11.2. The average molecular weight is 799 g/mol. The lowest BCUT2D eigenvalue weighted by atomic mass is 9.92. The van der Waals surface area contributed by atoms with E-state index >= 15 is 0 Å². The van der Waals surface area contributed by atoms with E-state index in [-0.39, 0.29) is 41.8 Å². The molecule has 4 amide bonds. The fraction of sp³-hybridized carbons (Fsp3) is 0.488. The first kappa shape index (κ1) is 39.1. The summed E-state index contributed by atoms with van der Waals surface area (Å²) in [7, 11) is 0. The van der Waals surface area contributed by atoms with Crippen LogP contribution in [0, 0.1) is 17.2 Å². The van der Waals surface area contributed by atoms with Crippen molar-refractivity contribution in [1.82, 2.24) is 35.3 Å². The zero-order valence-electron chi connectivity index (χ0n) is 32.0. The number of rotatable bonds is 9. The Morgan fingerprint density at radius 3 is 2.40 bits per heavy atom. The van der Waals surface area contributed by atoms with Crippen LogP contribution < -0.4 is 25.2 Å². The molecule has 1 aliphatic carbocycles. The minimum atomic E-state index is -4.65. The number of nitriles is 1. The van der Waals surface area contributed by atoms with E-state index < -0.39 is 23.3 Å². The van der Waals surface area contributed by atoms with Crippen LogP contribution in [0.25, 0.3) is 11.0 Å². The van der Waals surface area contributed by atoms with Gasteiger partial charge in [0.05, 0.1) is 29.0 Å². The Morgan fingerprint density at radius 2 is 1.71 bits per heavy atom. The zero-order chi connectivity index (χ0) is 40.4. The van der Waals surface area contributed by atoms with Gasteiger partial charge in [-0.1, -0.05) is 0 Å². The second kappa shape index (κ2) is 16.6. The van der Waals surface area contributed by atoms with Gasteiger partial charge in [0.1, 0.15) is 11.4 Å². The Morgan fingerprint density at radius 1 is 0.931 bits per heavy atom.